The standard InChI is InChI=1S/C18H15BrN2O3S/c1-12-18(21(22)23)16(24-20-12)11-17(13-7-9-14(19)10-8-13)25-15-5-3-2-4-6-15/h2-10,17H,11H2,1H3/t17-/m0/s1. The van der Waals surface area contributed by atoms with E-state index in [0.717, 1.165) is 14.9 Å². The molecular weight excluding hydrogens is 404 g/mol. The van der Waals surface area contributed by atoms with Crippen LogP contribution in [0.4, 0.5) is 5.69 Å². The van der Waals surface area contributed by atoms with Crippen LogP contribution in [0.1, 0.15) is 22.3 Å². The van der Waals surface area contributed by atoms with Gasteiger partial charge in [-0.25, -0.2) is 0 Å². The predicted octanol–water partition coefficient (Wildman–Crippen LogP) is 5.73. The maximum absolute atomic E-state index is 11.3. The monoisotopic (exact) mass is 418 g/mol. The van der Waals surface area contributed by atoms with Crippen LogP contribution < -0.4 is 0 Å². The van der Waals surface area contributed by atoms with Gasteiger partial charge in [-0.05, 0) is 36.8 Å². The van der Waals surface area contributed by atoms with E-state index in [0.29, 0.717) is 17.9 Å². The van der Waals surface area contributed by atoms with Crippen molar-refractivity contribution in [3.63, 3.8) is 0 Å². The van der Waals surface area contributed by atoms with E-state index in [2.05, 4.69) is 21.1 Å². The highest BCUT2D eigenvalue weighted by molar-refractivity contribution is 9.10. The first-order valence-corrected chi connectivity index (χ1v) is 9.28. The van der Waals surface area contributed by atoms with Crippen LogP contribution in [0, 0.1) is 17.0 Å². The molecule has 0 spiro atoms. The van der Waals surface area contributed by atoms with Crippen molar-refractivity contribution in [3.05, 3.63) is 86.2 Å². The largest absolute Gasteiger partial charge is 0.354 e. The fourth-order valence-corrected chi connectivity index (χ4v) is 3.95. The average Bonchev–Trinajstić information content (AvgIpc) is 2.96. The molecule has 7 heteroatoms. The molecule has 0 saturated heterocycles. The third-order valence-corrected chi connectivity index (χ3v) is 5.51. The zero-order valence-electron chi connectivity index (χ0n) is 13.4. The average molecular weight is 419 g/mol. The Morgan fingerprint density at radius 3 is 2.52 bits per heavy atom. The number of hydrogen-bond acceptors (Lipinski definition) is 5. The minimum atomic E-state index is -0.424. The lowest BCUT2D eigenvalue weighted by atomic mass is 10.1. The fraction of sp³-hybridized carbons (Fsp3) is 0.167. The molecule has 0 saturated carbocycles. The van der Waals surface area contributed by atoms with Crippen molar-refractivity contribution in [2.45, 2.75) is 23.5 Å². The Balaban J connectivity index is 1.94. The van der Waals surface area contributed by atoms with Gasteiger partial charge in [0.1, 0.15) is 0 Å². The van der Waals surface area contributed by atoms with E-state index >= 15 is 0 Å². The van der Waals surface area contributed by atoms with E-state index in [1.54, 1.807) is 18.7 Å². The molecule has 0 aliphatic heterocycles. The summed E-state index contributed by atoms with van der Waals surface area (Å²) >= 11 is 5.08. The molecule has 0 radical (unpaired) electrons. The lowest BCUT2D eigenvalue weighted by Gasteiger charge is -2.16. The maximum Gasteiger partial charge on any atom is 0.334 e. The van der Waals surface area contributed by atoms with Crippen LogP contribution in [-0.4, -0.2) is 10.1 Å². The molecule has 0 aliphatic carbocycles. The second-order valence-electron chi connectivity index (χ2n) is 5.47. The van der Waals surface area contributed by atoms with Gasteiger partial charge in [0.15, 0.2) is 5.69 Å². The summed E-state index contributed by atoms with van der Waals surface area (Å²) in [5.74, 6) is 0.304. The summed E-state index contributed by atoms with van der Waals surface area (Å²) in [6.07, 6.45) is 0.387. The Morgan fingerprint density at radius 1 is 1.20 bits per heavy atom. The quantitative estimate of drug-likeness (QED) is 0.290. The molecule has 1 heterocycles. The SMILES string of the molecule is Cc1noc(C[C@H](Sc2ccccc2)c2ccc(Br)cc2)c1[N+](=O)[O-]. The first-order chi connectivity index (χ1) is 12.0. The number of hydrogen-bond donors (Lipinski definition) is 0. The molecule has 1 atom stereocenters. The van der Waals surface area contributed by atoms with Gasteiger partial charge in [-0.2, -0.15) is 0 Å². The van der Waals surface area contributed by atoms with E-state index in [1.807, 2.05) is 54.6 Å². The summed E-state index contributed by atoms with van der Waals surface area (Å²) in [4.78, 5) is 12.0. The van der Waals surface area contributed by atoms with E-state index < -0.39 is 4.92 Å². The van der Waals surface area contributed by atoms with Crippen LogP contribution in [0.5, 0.6) is 0 Å². The zero-order valence-corrected chi connectivity index (χ0v) is 15.8. The molecule has 3 aromatic rings. The third-order valence-electron chi connectivity index (χ3n) is 3.72. The van der Waals surface area contributed by atoms with Gasteiger partial charge in [-0.1, -0.05) is 51.4 Å². The summed E-state index contributed by atoms with van der Waals surface area (Å²) in [5.41, 5.74) is 1.34. The van der Waals surface area contributed by atoms with E-state index in [9.17, 15) is 10.1 Å². The molecule has 3 rings (SSSR count). The maximum atomic E-state index is 11.3. The summed E-state index contributed by atoms with van der Waals surface area (Å²) in [5, 5.41) is 15.1. The predicted molar refractivity (Wildman–Crippen MR) is 101 cm³/mol. The second-order valence-corrected chi connectivity index (χ2v) is 7.66. The molecule has 0 fully saturated rings. The minimum absolute atomic E-state index is 0.0263. The van der Waals surface area contributed by atoms with Gasteiger partial charge in [0, 0.05) is 21.0 Å². The van der Waals surface area contributed by atoms with Crippen LogP contribution in [0.25, 0.3) is 0 Å². The highest BCUT2D eigenvalue weighted by atomic mass is 79.9. The molecule has 0 amide bonds. The lowest BCUT2D eigenvalue weighted by molar-refractivity contribution is -0.386. The Labute approximate surface area is 157 Å². The summed E-state index contributed by atoms with van der Waals surface area (Å²) < 4.78 is 6.24. The molecule has 128 valence electrons. The molecule has 1 aromatic heterocycles. The van der Waals surface area contributed by atoms with Gasteiger partial charge in [0.25, 0.3) is 0 Å². The van der Waals surface area contributed by atoms with Crippen LogP contribution in [0.2, 0.25) is 0 Å². The minimum Gasteiger partial charge on any atom is -0.354 e. The number of thioether (sulfide) groups is 1. The fourth-order valence-electron chi connectivity index (χ4n) is 2.52. The molecule has 2 aromatic carbocycles. The molecule has 0 unspecified atom stereocenters. The Bertz CT molecular complexity index is 866. The number of benzene rings is 2. The van der Waals surface area contributed by atoms with Gasteiger partial charge in [-0.3, -0.25) is 10.1 Å². The Hall–Kier alpha value is -2.12. The van der Waals surface area contributed by atoms with Crippen molar-refractivity contribution in [1.82, 2.24) is 5.16 Å². The van der Waals surface area contributed by atoms with Gasteiger partial charge in [-0.15, -0.1) is 11.8 Å². The molecule has 0 N–H and O–H groups in total. The smallest absolute Gasteiger partial charge is 0.334 e. The van der Waals surface area contributed by atoms with Crippen LogP contribution >= 0.6 is 27.7 Å². The van der Waals surface area contributed by atoms with Gasteiger partial charge in [0.05, 0.1) is 4.92 Å². The lowest BCUT2D eigenvalue weighted by Crippen LogP contribution is -2.01. The molecular formula is C18H15BrN2O3S. The van der Waals surface area contributed by atoms with Crippen molar-refractivity contribution in [2.75, 3.05) is 0 Å². The third kappa shape index (κ3) is 4.29. The molecule has 0 bridgehead atoms. The van der Waals surface area contributed by atoms with E-state index in [4.69, 9.17) is 4.52 Å². The number of rotatable bonds is 6. The highest BCUT2D eigenvalue weighted by Crippen LogP contribution is 2.40. The molecule has 0 aliphatic rings. The van der Waals surface area contributed by atoms with Gasteiger partial charge < -0.3 is 4.52 Å². The van der Waals surface area contributed by atoms with Gasteiger partial charge >= 0.3 is 5.69 Å². The highest BCUT2D eigenvalue weighted by Gasteiger charge is 2.27. The second kappa shape index (κ2) is 7.84. The Morgan fingerprint density at radius 2 is 1.88 bits per heavy atom. The number of halogens is 1. The first-order valence-electron chi connectivity index (χ1n) is 7.61. The van der Waals surface area contributed by atoms with Crippen molar-refractivity contribution in [2.24, 2.45) is 0 Å². The van der Waals surface area contributed by atoms with Crippen molar-refractivity contribution in [3.8, 4) is 0 Å². The normalized spacial score (nSPS) is 12.1. The Kier molecular flexibility index (Phi) is 5.55. The number of aryl methyl sites for hydroxylation is 1. The van der Waals surface area contributed by atoms with Crippen LogP contribution in [0.3, 0.4) is 0 Å². The summed E-state index contributed by atoms with van der Waals surface area (Å²) in [6.45, 7) is 1.59. The summed E-state index contributed by atoms with van der Waals surface area (Å²) in [6, 6.07) is 17.9. The van der Waals surface area contributed by atoms with Crippen LogP contribution in [0.15, 0.2) is 68.5 Å². The van der Waals surface area contributed by atoms with Crippen molar-refractivity contribution < 1.29 is 9.45 Å². The summed E-state index contributed by atoms with van der Waals surface area (Å²) in [7, 11) is 0. The van der Waals surface area contributed by atoms with Crippen LogP contribution in [-0.2, 0) is 6.42 Å². The van der Waals surface area contributed by atoms with Crippen molar-refractivity contribution >= 4 is 33.4 Å². The first kappa shape index (κ1) is 17.7. The number of nitrogens with zero attached hydrogens (tertiary/aromatic N) is 2. The zero-order chi connectivity index (χ0) is 17.8. The molecule has 25 heavy (non-hydrogen) atoms. The van der Waals surface area contributed by atoms with Crippen molar-refractivity contribution in [1.29, 1.82) is 0 Å². The topological polar surface area (TPSA) is 69.2 Å². The number of aromatic nitrogens is 1. The molecule has 5 nitrogen and oxygen atoms in total. The van der Waals surface area contributed by atoms with Gasteiger partial charge in [0.2, 0.25) is 5.76 Å². The number of nitro groups is 1. The van der Waals surface area contributed by atoms with E-state index in [-0.39, 0.29) is 10.9 Å². The van der Waals surface area contributed by atoms with E-state index in [1.165, 1.54) is 0 Å².